The van der Waals surface area contributed by atoms with E-state index in [9.17, 15) is 14.4 Å². The van der Waals surface area contributed by atoms with Gasteiger partial charge in [-0.25, -0.2) is 0 Å². The zero-order valence-electron chi connectivity index (χ0n) is 14.8. The molecule has 3 rings (SSSR count). The Labute approximate surface area is 186 Å². The Bertz CT molecular complexity index is 983. The summed E-state index contributed by atoms with van der Waals surface area (Å²) in [6, 6.07) is 9.31. The number of rotatable bonds is 5. The highest BCUT2D eigenvalue weighted by atomic mass is 35.5. The average Bonchev–Trinajstić information content (AvgIpc) is 3.05. The molecule has 0 aromatic heterocycles. The van der Waals surface area contributed by atoms with Crippen molar-refractivity contribution in [2.24, 2.45) is 5.92 Å². The molecule has 0 aliphatic carbocycles. The molecule has 152 valence electrons. The van der Waals surface area contributed by atoms with E-state index in [0.717, 1.165) is 0 Å². The summed E-state index contributed by atoms with van der Waals surface area (Å²) in [5, 5.41) is 3.97. The fourth-order valence-corrected chi connectivity index (χ4v) is 3.66. The summed E-state index contributed by atoms with van der Waals surface area (Å²) in [4.78, 5) is 38.0. The Hall–Kier alpha value is -1.99. The molecule has 0 radical (unpaired) electrons. The first-order chi connectivity index (χ1) is 13.7. The van der Waals surface area contributed by atoms with Gasteiger partial charge in [-0.1, -0.05) is 46.4 Å². The number of hydrogen-bond acceptors (Lipinski definition) is 4. The van der Waals surface area contributed by atoms with Gasteiger partial charge in [0.15, 0.2) is 6.61 Å². The molecule has 2 aromatic carbocycles. The first-order valence-corrected chi connectivity index (χ1v) is 9.92. The minimum absolute atomic E-state index is 0.0493. The molecule has 1 atom stereocenters. The van der Waals surface area contributed by atoms with Gasteiger partial charge in [0.2, 0.25) is 5.91 Å². The minimum atomic E-state index is -0.718. The third-order valence-corrected chi connectivity index (χ3v) is 5.31. The second-order valence-electron chi connectivity index (χ2n) is 6.28. The van der Waals surface area contributed by atoms with Crippen molar-refractivity contribution in [2.45, 2.75) is 6.42 Å². The number of carbonyl (C=O) groups excluding carboxylic acids is 3. The van der Waals surface area contributed by atoms with Gasteiger partial charge in [0, 0.05) is 23.0 Å². The molecule has 0 bridgehead atoms. The number of halogens is 4. The van der Waals surface area contributed by atoms with Gasteiger partial charge >= 0.3 is 5.97 Å². The molecule has 1 aliphatic heterocycles. The first-order valence-electron chi connectivity index (χ1n) is 8.41. The van der Waals surface area contributed by atoms with E-state index in [1.54, 1.807) is 24.3 Å². The predicted molar refractivity (Wildman–Crippen MR) is 113 cm³/mol. The highest BCUT2D eigenvalue weighted by molar-refractivity contribution is 6.37. The van der Waals surface area contributed by atoms with Gasteiger partial charge < -0.3 is 15.0 Å². The molecular formula is C19H14Cl4N2O4. The molecular weight excluding hydrogens is 462 g/mol. The molecule has 29 heavy (non-hydrogen) atoms. The highest BCUT2D eigenvalue weighted by Gasteiger charge is 2.37. The van der Waals surface area contributed by atoms with E-state index in [2.05, 4.69) is 5.32 Å². The van der Waals surface area contributed by atoms with Gasteiger partial charge in [-0.2, -0.15) is 0 Å². The Kier molecular flexibility index (Phi) is 6.90. The van der Waals surface area contributed by atoms with E-state index in [-0.39, 0.29) is 23.9 Å². The van der Waals surface area contributed by atoms with Gasteiger partial charge in [0.05, 0.1) is 27.3 Å². The SMILES string of the molecule is O=C(COC(=O)[C@@H]1CC(=O)N(c2cc(Cl)ccc2Cl)C1)Nc1ccc(Cl)cc1Cl. The molecule has 1 N–H and O–H groups in total. The van der Waals surface area contributed by atoms with Gasteiger partial charge in [0.25, 0.3) is 5.91 Å². The van der Waals surface area contributed by atoms with Crippen molar-refractivity contribution in [3.05, 3.63) is 56.5 Å². The first kappa shape index (κ1) is 21.7. The fourth-order valence-electron chi connectivity index (χ4n) is 2.82. The number of hydrogen-bond donors (Lipinski definition) is 1. The lowest BCUT2D eigenvalue weighted by Crippen LogP contribution is -2.28. The molecule has 0 unspecified atom stereocenters. The van der Waals surface area contributed by atoms with Crippen molar-refractivity contribution < 1.29 is 19.1 Å². The van der Waals surface area contributed by atoms with Crippen LogP contribution in [-0.4, -0.2) is 30.9 Å². The summed E-state index contributed by atoms with van der Waals surface area (Å²) >= 11 is 23.9. The Morgan fingerprint density at radius 3 is 2.45 bits per heavy atom. The van der Waals surface area contributed by atoms with Crippen molar-refractivity contribution in [1.82, 2.24) is 0 Å². The van der Waals surface area contributed by atoms with Crippen LogP contribution in [0.2, 0.25) is 20.1 Å². The van der Waals surface area contributed by atoms with Crippen LogP contribution in [0.5, 0.6) is 0 Å². The standard InChI is InChI=1S/C19H14Cl4N2O4/c20-11-2-4-15(14(23)6-11)24-17(26)9-29-19(28)10-5-18(27)25(8-10)16-7-12(21)1-3-13(16)22/h1-4,6-7,10H,5,8-9H2,(H,24,26)/t10-/m1/s1. The number of esters is 1. The quantitative estimate of drug-likeness (QED) is 0.628. The van der Waals surface area contributed by atoms with Crippen LogP contribution >= 0.6 is 46.4 Å². The lowest BCUT2D eigenvalue weighted by atomic mass is 10.1. The Morgan fingerprint density at radius 1 is 1.03 bits per heavy atom. The van der Waals surface area contributed by atoms with Crippen LogP contribution in [0.15, 0.2) is 36.4 Å². The number of ether oxygens (including phenoxy) is 1. The maximum atomic E-state index is 12.3. The van der Waals surface area contributed by atoms with Crippen LogP contribution in [0.4, 0.5) is 11.4 Å². The largest absolute Gasteiger partial charge is 0.455 e. The van der Waals surface area contributed by atoms with Crippen LogP contribution in [0.3, 0.4) is 0 Å². The second-order valence-corrected chi connectivity index (χ2v) is 7.97. The van der Waals surface area contributed by atoms with E-state index in [1.165, 1.54) is 17.0 Å². The minimum Gasteiger partial charge on any atom is -0.455 e. The number of anilines is 2. The molecule has 2 amide bonds. The molecule has 1 aliphatic rings. The van der Waals surface area contributed by atoms with Crippen molar-refractivity contribution in [1.29, 1.82) is 0 Å². The van der Waals surface area contributed by atoms with E-state index in [1.807, 2.05) is 0 Å². The van der Waals surface area contributed by atoms with Crippen LogP contribution in [-0.2, 0) is 19.1 Å². The number of nitrogens with one attached hydrogen (secondary N) is 1. The second kappa shape index (κ2) is 9.22. The van der Waals surface area contributed by atoms with Crippen LogP contribution < -0.4 is 10.2 Å². The number of benzene rings is 2. The maximum Gasteiger partial charge on any atom is 0.311 e. The maximum absolute atomic E-state index is 12.3. The van der Waals surface area contributed by atoms with Gasteiger partial charge in [-0.15, -0.1) is 0 Å². The van der Waals surface area contributed by atoms with Crippen molar-refractivity contribution in [3.8, 4) is 0 Å². The van der Waals surface area contributed by atoms with Gasteiger partial charge in [0.1, 0.15) is 0 Å². The number of carbonyl (C=O) groups is 3. The van der Waals surface area contributed by atoms with E-state index < -0.39 is 24.4 Å². The molecule has 0 saturated carbocycles. The summed E-state index contributed by atoms with van der Waals surface area (Å²) in [5.41, 5.74) is 0.768. The molecule has 1 fully saturated rings. The Balaban J connectivity index is 1.56. The summed E-state index contributed by atoms with van der Waals surface area (Å²) in [5.74, 6) is -2.23. The van der Waals surface area contributed by atoms with Crippen LogP contribution in [0.1, 0.15) is 6.42 Å². The van der Waals surface area contributed by atoms with E-state index >= 15 is 0 Å². The number of amides is 2. The zero-order valence-corrected chi connectivity index (χ0v) is 17.8. The third kappa shape index (κ3) is 5.34. The Morgan fingerprint density at radius 2 is 1.72 bits per heavy atom. The molecule has 10 heteroatoms. The average molecular weight is 476 g/mol. The summed E-state index contributed by atoms with van der Waals surface area (Å²) in [6.45, 7) is -0.428. The zero-order chi connectivity index (χ0) is 21.1. The van der Waals surface area contributed by atoms with Crippen molar-refractivity contribution >= 4 is 75.6 Å². The summed E-state index contributed by atoms with van der Waals surface area (Å²) < 4.78 is 5.05. The van der Waals surface area contributed by atoms with Crippen LogP contribution in [0, 0.1) is 5.92 Å². The predicted octanol–water partition coefficient (Wildman–Crippen LogP) is 4.84. The molecule has 1 saturated heterocycles. The number of nitrogens with zero attached hydrogens (tertiary/aromatic N) is 1. The molecule has 0 spiro atoms. The topological polar surface area (TPSA) is 75.7 Å². The molecule has 6 nitrogen and oxygen atoms in total. The van der Waals surface area contributed by atoms with E-state index in [0.29, 0.717) is 26.4 Å². The smallest absolute Gasteiger partial charge is 0.311 e. The lowest BCUT2D eigenvalue weighted by Gasteiger charge is -2.18. The fraction of sp³-hybridized carbons (Fsp3) is 0.211. The summed E-state index contributed by atoms with van der Waals surface area (Å²) in [7, 11) is 0. The lowest BCUT2D eigenvalue weighted by molar-refractivity contribution is -0.151. The summed E-state index contributed by atoms with van der Waals surface area (Å²) in [6.07, 6.45) is -0.0493. The van der Waals surface area contributed by atoms with Crippen molar-refractivity contribution in [2.75, 3.05) is 23.4 Å². The van der Waals surface area contributed by atoms with Gasteiger partial charge in [-0.05, 0) is 36.4 Å². The van der Waals surface area contributed by atoms with Gasteiger partial charge in [-0.3, -0.25) is 14.4 Å². The van der Waals surface area contributed by atoms with E-state index in [4.69, 9.17) is 51.1 Å². The van der Waals surface area contributed by atoms with Crippen molar-refractivity contribution in [3.63, 3.8) is 0 Å². The van der Waals surface area contributed by atoms with Crippen LogP contribution in [0.25, 0.3) is 0 Å². The highest BCUT2D eigenvalue weighted by Crippen LogP contribution is 2.33. The monoisotopic (exact) mass is 474 g/mol. The molecule has 1 heterocycles. The molecule has 2 aromatic rings. The normalized spacial score (nSPS) is 16.1. The third-order valence-electron chi connectivity index (χ3n) is 4.21.